The van der Waals surface area contributed by atoms with E-state index in [1.165, 1.54) is 0 Å². The molecule has 160 valence electrons. The third kappa shape index (κ3) is 5.72. The molecule has 0 fully saturated rings. The zero-order valence-electron chi connectivity index (χ0n) is 18.2. The molecule has 0 aliphatic heterocycles. The van der Waals surface area contributed by atoms with E-state index in [9.17, 15) is 9.59 Å². The molecule has 3 rings (SSSR count). The molecule has 1 atom stereocenters. The largest absolute Gasteiger partial charge is 0.481 e. The lowest BCUT2D eigenvalue weighted by atomic mass is 10.1. The van der Waals surface area contributed by atoms with Crippen molar-refractivity contribution in [2.75, 3.05) is 16.8 Å². The van der Waals surface area contributed by atoms with E-state index in [0.29, 0.717) is 30.0 Å². The van der Waals surface area contributed by atoms with Crippen LogP contribution in [0.25, 0.3) is 0 Å². The van der Waals surface area contributed by atoms with Gasteiger partial charge >= 0.3 is 0 Å². The Balaban J connectivity index is 1.65. The summed E-state index contributed by atoms with van der Waals surface area (Å²) in [5.74, 6) is 0.358. The summed E-state index contributed by atoms with van der Waals surface area (Å²) in [6.07, 6.45) is -0.0589. The predicted molar refractivity (Wildman–Crippen MR) is 125 cm³/mol. The number of ether oxygens (including phenoxy) is 1. The first-order chi connectivity index (χ1) is 15.0. The van der Waals surface area contributed by atoms with Crippen LogP contribution in [0, 0.1) is 6.92 Å². The highest BCUT2D eigenvalue weighted by Crippen LogP contribution is 2.19. The Labute approximate surface area is 183 Å². The quantitative estimate of drug-likeness (QED) is 0.531. The number of benzene rings is 3. The van der Waals surface area contributed by atoms with Crippen LogP contribution in [0.5, 0.6) is 5.75 Å². The summed E-state index contributed by atoms with van der Waals surface area (Å²) in [7, 11) is 0. The number of hydrogen-bond acceptors (Lipinski definition) is 3. The van der Waals surface area contributed by atoms with Crippen molar-refractivity contribution in [3.63, 3.8) is 0 Å². The summed E-state index contributed by atoms with van der Waals surface area (Å²) < 4.78 is 5.84. The summed E-state index contributed by atoms with van der Waals surface area (Å²) in [5.41, 5.74) is 3.17. The van der Waals surface area contributed by atoms with Crippen molar-refractivity contribution in [3.05, 3.63) is 90.0 Å². The van der Waals surface area contributed by atoms with Gasteiger partial charge in [0.1, 0.15) is 5.75 Å². The molecule has 3 aromatic carbocycles. The van der Waals surface area contributed by atoms with E-state index in [2.05, 4.69) is 5.32 Å². The van der Waals surface area contributed by atoms with Crippen molar-refractivity contribution in [3.8, 4) is 5.75 Å². The Kier molecular flexibility index (Phi) is 7.44. The third-order valence-corrected chi connectivity index (χ3v) is 4.99. The maximum Gasteiger partial charge on any atom is 0.265 e. The highest BCUT2D eigenvalue weighted by atomic mass is 16.5. The van der Waals surface area contributed by atoms with Crippen LogP contribution < -0.4 is 15.0 Å². The molecule has 0 aliphatic carbocycles. The summed E-state index contributed by atoms with van der Waals surface area (Å²) in [6, 6.07) is 24.1. The molecule has 5 heteroatoms. The van der Waals surface area contributed by atoms with Crippen LogP contribution in [0.3, 0.4) is 0 Å². The molecule has 2 amide bonds. The van der Waals surface area contributed by atoms with Crippen LogP contribution in [0.15, 0.2) is 78.9 Å². The van der Waals surface area contributed by atoms with Gasteiger partial charge in [0, 0.05) is 23.5 Å². The number of anilines is 2. The molecule has 0 aliphatic rings. The Hall–Kier alpha value is -3.60. The minimum absolute atomic E-state index is 0.0827. The first kappa shape index (κ1) is 22.1. The van der Waals surface area contributed by atoms with Gasteiger partial charge in [-0.2, -0.15) is 0 Å². The van der Waals surface area contributed by atoms with Crippen LogP contribution in [0.2, 0.25) is 0 Å². The molecule has 0 heterocycles. The maximum atomic E-state index is 12.9. The zero-order chi connectivity index (χ0) is 22.2. The number of hydrogen-bond donors (Lipinski definition) is 1. The van der Waals surface area contributed by atoms with E-state index < -0.39 is 6.10 Å². The van der Waals surface area contributed by atoms with Crippen LogP contribution in [-0.2, 0) is 4.79 Å². The molecule has 1 unspecified atom stereocenters. The van der Waals surface area contributed by atoms with Crippen LogP contribution in [-0.4, -0.2) is 24.5 Å². The van der Waals surface area contributed by atoms with Gasteiger partial charge in [-0.25, -0.2) is 0 Å². The Morgan fingerprint density at radius 2 is 1.55 bits per heavy atom. The standard InChI is InChI=1S/C26H28N2O3/c1-4-24(31-23-17-11-19(3)12-18-23)25(29)27-21-15-13-20(14-16-21)26(30)28(5-2)22-9-7-6-8-10-22/h6-18,24H,4-5H2,1-3H3,(H,27,29). The van der Waals surface area contributed by atoms with Crippen molar-refractivity contribution >= 4 is 23.2 Å². The number of aryl methyl sites for hydroxylation is 1. The lowest BCUT2D eigenvalue weighted by molar-refractivity contribution is -0.122. The number of carbonyl (C=O) groups excluding carboxylic acids is 2. The summed E-state index contributed by atoms with van der Waals surface area (Å²) in [4.78, 5) is 27.3. The van der Waals surface area contributed by atoms with Crippen molar-refractivity contribution in [1.82, 2.24) is 0 Å². The normalized spacial score (nSPS) is 11.5. The maximum absolute atomic E-state index is 12.9. The first-order valence-electron chi connectivity index (χ1n) is 10.5. The SMILES string of the molecule is CCC(Oc1ccc(C)cc1)C(=O)Nc1ccc(C(=O)N(CC)c2ccccc2)cc1. The molecular weight excluding hydrogens is 388 g/mol. The fraction of sp³-hybridized carbons (Fsp3) is 0.231. The van der Waals surface area contributed by atoms with Gasteiger partial charge in [0.05, 0.1) is 0 Å². The van der Waals surface area contributed by atoms with Crippen molar-refractivity contribution in [2.45, 2.75) is 33.3 Å². The lowest BCUT2D eigenvalue weighted by Crippen LogP contribution is -2.32. The average Bonchev–Trinajstić information content (AvgIpc) is 2.80. The van der Waals surface area contributed by atoms with Crippen molar-refractivity contribution < 1.29 is 14.3 Å². The van der Waals surface area contributed by atoms with Crippen LogP contribution >= 0.6 is 0 Å². The van der Waals surface area contributed by atoms with Crippen LogP contribution in [0.4, 0.5) is 11.4 Å². The number of para-hydroxylation sites is 1. The summed E-state index contributed by atoms with van der Waals surface area (Å²) in [6.45, 7) is 6.42. The molecule has 0 aromatic heterocycles. The topological polar surface area (TPSA) is 58.6 Å². The number of carbonyl (C=O) groups is 2. The molecule has 1 N–H and O–H groups in total. The average molecular weight is 417 g/mol. The van der Waals surface area contributed by atoms with E-state index in [1.54, 1.807) is 29.2 Å². The molecule has 0 saturated carbocycles. The molecule has 0 radical (unpaired) electrons. The van der Waals surface area contributed by atoms with E-state index in [-0.39, 0.29) is 11.8 Å². The second kappa shape index (κ2) is 10.4. The van der Waals surface area contributed by atoms with Gasteiger partial charge in [0.2, 0.25) is 0 Å². The Morgan fingerprint density at radius 3 is 2.13 bits per heavy atom. The van der Waals surface area contributed by atoms with Crippen molar-refractivity contribution in [2.24, 2.45) is 0 Å². The van der Waals surface area contributed by atoms with Gasteiger partial charge in [-0.3, -0.25) is 9.59 Å². The van der Waals surface area contributed by atoms with E-state index in [0.717, 1.165) is 11.3 Å². The van der Waals surface area contributed by atoms with Gasteiger partial charge in [0.15, 0.2) is 6.10 Å². The highest BCUT2D eigenvalue weighted by molar-refractivity contribution is 6.06. The third-order valence-electron chi connectivity index (χ3n) is 4.99. The predicted octanol–water partition coefficient (Wildman–Crippen LogP) is 5.46. The minimum atomic E-state index is -0.599. The van der Waals surface area contributed by atoms with Gasteiger partial charge in [-0.1, -0.05) is 42.8 Å². The van der Waals surface area contributed by atoms with E-state index in [1.807, 2.05) is 75.4 Å². The fourth-order valence-electron chi connectivity index (χ4n) is 3.23. The van der Waals surface area contributed by atoms with E-state index in [4.69, 9.17) is 4.74 Å². The molecule has 31 heavy (non-hydrogen) atoms. The van der Waals surface area contributed by atoms with Crippen LogP contribution in [0.1, 0.15) is 36.2 Å². The number of rotatable bonds is 8. The fourth-order valence-corrected chi connectivity index (χ4v) is 3.23. The number of nitrogens with one attached hydrogen (secondary N) is 1. The Morgan fingerprint density at radius 1 is 0.903 bits per heavy atom. The smallest absolute Gasteiger partial charge is 0.265 e. The first-order valence-corrected chi connectivity index (χ1v) is 10.5. The monoisotopic (exact) mass is 416 g/mol. The molecule has 5 nitrogen and oxygen atoms in total. The molecular formula is C26H28N2O3. The van der Waals surface area contributed by atoms with Gasteiger partial charge in [-0.15, -0.1) is 0 Å². The van der Waals surface area contributed by atoms with E-state index >= 15 is 0 Å². The van der Waals surface area contributed by atoms with Gasteiger partial charge in [-0.05, 0) is 68.8 Å². The zero-order valence-corrected chi connectivity index (χ0v) is 18.2. The second-order valence-corrected chi connectivity index (χ2v) is 7.28. The van der Waals surface area contributed by atoms with Gasteiger partial charge < -0.3 is 15.0 Å². The molecule has 0 bridgehead atoms. The second-order valence-electron chi connectivity index (χ2n) is 7.28. The Bertz CT molecular complexity index is 999. The lowest BCUT2D eigenvalue weighted by Gasteiger charge is -2.21. The van der Waals surface area contributed by atoms with Crippen molar-refractivity contribution in [1.29, 1.82) is 0 Å². The minimum Gasteiger partial charge on any atom is -0.481 e. The summed E-state index contributed by atoms with van der Waals surface area (Å²) >= 11 is 0. The molecule has 3 aromatic rings. The number of amides is 2. The number of nitrogens with zero attached hydrogens (tertiary/aromatic N) is 1. The molecule has 0 saturated heterocycles. The summed E-state index contributed by atoms with van der Waals surface area (Å²) in [5, 5.41) is 2.88. The molecule has 0 spiro atoms. The van der Waals surface area contributed by atoms with Gasteiger partial charge in [0.25, 0.3) is 11.8 Å². The highest BCUT2D eigenvalue weighted by Gasteiger charge is 2.19.